The van der Waals surface area contributed by atoms with Crippen molar-refractivity contribution in [1.29, 1.82) is 0 Å². The average molecular weight is 572 g/mol. The van der Waals surface area contributed by atoms with Crippen LogP contribution in [0.15, 0.2) is 119 Å². The first-order valence-electron chi connectivity index (χ1n) is 15.4. The van der Waals surface area contributed by atoms with Gasteiger partial charge in [0.05, 0.1) is 0 Å². The summed E-state index contributed by atoms with van der Waals surface area (Å²) >= 11 is 0. The Labute approximate surface area is 262 Å². The Hall–Kier alpha value is -3.68. The quantitative estimate of drug-likeness (QED) is 0.267. The van der Waals surface area contributed by atoms with Crippen molar-refractivity contribution in [3.63, 3.8) is 0 Å². The van der Waals surface area contributed by atoms with E-state index >= 15 is 0 Å². The summed E-state index contributed by atoms with van der Waals surface area (Å²) < 4.78 is 0. The molecule has 0 aromatic heterocycles. The Bertz CT molecular complexity index is 1520. The molecule has 0 unspecified atom stereocenters. The number of benzene rings is 3. The minimum absolute atomic E-state index is 0.106. The molecular formula is C42H53N. The first kappa shape index (κ1) is 33.8. The van der Waals surface area contributed by atoms with Gasteiger partial charge in [-0.05, 0) is 153 Å². The minimum atomic E-state index is -0.384. The van der Waals surface area contributed by atoms with Crippen molar-refractivity contribution in [1.82, 2.24) is 0 Å². The lowest BCUT2D eigenvalue weighted by Gasteiger charge is -2.21. The van der Waals surface area contributed by atoms with E-state index in [1.54, 1.807) is 0 Å². The van der Waals surface area contributed by atoms with Crippen LogP contribution in [0.5, 0.6) is 0 Å². The monoisotopic (exact) mass is 571 g/mol. The highest BCUT2D eigenvalue weighted by Gasteiger charge is 2.18. The van der Waals surface area contributed by atoms with Crippen molar-refractivity contribution in [2.45, 2.75) is 94.0 Å². The summed E-state index contributed by atoms with van der Waals surface area (Å²) in [5, 5.41) is 0. The molecule has 1 heteroatoms. The van der Waals surface area contributed by atoms with E-state index < -0.39 is 0 Å². The summed E-state index contributed by atoms with van der Waals surface area (Å²) in [7, 11) is 0. The summed E-state index contributed by atoms with van der Waals surface area (Å²) in [6, 6.07) is 24.8. The molecule has 226 valence electrons. The summed E-state index contributed by atoms with van der Waals surface area (Å²) in [6.07, 6.45) is 4.46. The Balaban J connectivity index is 2.41. The van der Waals surface area contributed by atoms with E-state index in [4.69, 9.17) is 5.73 Å². The molecule has 0 saturated carbocycles. The van der Waals surface area contributed by atoms with Crippen LogP contribution in [0.4, 0.5) is 0 Å². The second-order valence-electron chi connectivity index (χ2n) is 14.1. The molecular weight excluding hydrogens is 518 g/mol. The van der Waals surface area contributed by atoms with Gasteiger partial charge in [0.15, 0.2) is 0 Å². The zero-order chi connectivity index (χ0) is 32.3. The fourth-order valence-electron chi connectivity index (χ4n) is 5.49. The molecule has 3 rings (SSSR count). The lowest BCUT2D eigenvalue weighted by Crippen LogP contribution is -2.28. The van der Waals surface area contributed by atoms with Crippen molar-refractivity contribution >= 4 is 5.57 Å². The van der Waals surface area contributed by atoms with E-state index in [0.29, 0.717) is 0 Å². The first-order valence-corrected chi connectivity index (χ1v) is 15.4. The van der Waals surface area contributed by atoms with Crippen LogP contribution in [0.2, 0.25) is 0 Å². The molecule has 1 nitrogen and oxygen atoms in total. The smallest absolute Gasteiger partial charge is 0.0352 e. The van der Waals surface area contributed by atoms with Gasteiger partial charge in [0.2, 0.25) is 0 Å². The standard InChI is InChI=1S/C42H53N/c1-27(2)22-29(5)31(7)40(32(8)30(6)23-28(3)4)37-25-35(33-14-18-38(19-15-33)41(9,10)11)24-36(26-37)34-16-20-39(21-17-34)42(12,13)43/h14-26H,1,43H2,2-13H3/b29-22-,32-30+,40-31-. The largest absolute Gasteiger partial charge is 0.322 e. The van der Waals surface area contributed by atoms with E-state index in [1.165, 1.54) is 66.8 Å². The van der Waals surface area contributed by atoms with Gasteiger partial charge in [-0.15, -0.1) is 0 Å². The lowest BCUT2D eigenvalue weighted by atomic mass is 9.84. The fourth-order valence-corrected chi connectivity index (χ4v) is 5.49. The third-order valence-electron chi connectivity index (χ3n) is 8.17. The molecule has 0 saturated heterocycles. The van der Waals surface area contributed by atoms with E-state index in [9.17, 15) is 0 Å². The average Bonchev–Trinajstić information content (AvgIpc) is 2.91. The normalized spacial score (nSPS) is 13.7. The van der Waals surface area contributed by atoms with Crippen molar-refractivity contribution in [2.24, 2.45) is 5.73 Å². The fraction of sp³-hybridized carbons (Fsp3) is 0.333. The highest BCUT2D eigenvalue weighted by molar-refractivity contribution is 5.89. The maximum atomic E-state index is 6.42. The summed E-state index contributed by atoms with van der Waals surface area (Å²) in [4.78, 5) is 0. The van der Waals surface area contributed by atoms with Gasteiger partial charge in [-0.1, -0.05) is 99.2 Å². The van der Waals surface area contributed by atoms with Crippen LogP contribution < -0.4 is 5.73 Å². The van der Waals surface area contributed by atoms with Crippen LogP contribution in [0.25, 0.3) is 27.8 Å². The number of allylic oxidation sites excluding steroid dienone is 9. The van der Waals surface area contributed by atoms with Gasteiger partial charge in [0.25, 0.3) is 0 Å². The van der Waals surface area contributed by atoms with Crippen molar-refractivity contribution in [3.05, 3.63) is 136 Å². The molecule has 0 radical (unpaired) electrons. The Morgan fingerprint density at radius 2 is 1.07 bits per heavy atom. The SMILES string of the molecule is C=C(C)\C=C(C)/C(C)=C(/C(C)=C(\C)C=C(C)C)c1cc(-c2ccc(C(C)(C)C)cc2)cc(-c2ccc(C(C)(C)N)cc2)c1. The molecule has 3 aromatic carbocycles. The molecule has 2 N–H and O–H groups in total. The lowest BCUT2D eigenvalue weighted by molar-refractivity contribution is 0.554. The van der Waals surface area contributed by atoms with E-state index in [0.717, 1.165) is 11.1 Å². The molecule has 0 fully saturated rings. The molecule has 0 atom stereocenters. The molecule has 0 aliphatic rings. The third-order valence-corrected chi connectivity index (χ3v) is 8.17. The Morgan fingerprint density at radius 1 is 0.605 bits per heavy atom. The van der Waals surface area contributed by atoms with E-state index in [-0.39, 0.29) is 11.0 Å². The second kappa shape index (κ2) is 13.3. The molecule has 43 heavy (non-hydrogen) atoms. The topological polar surface area (TPSA) is 26.0 Å². The summed E-state index contributed by atoms with van der Waals surface area (Å²) in [5.41, 5.74) is 23.2. The predicted octanol–water partition coefficient (Wildman–Crippen LogP) is 12.1. The van der Waals surface area contributed by atoms with Crippen molar-refractivity contribution in [2.75, 3.05) is 0 Å². The Kier molecular flexibility index (Phi) is 10.5. The van der Waals surface area contributed by atoms with Crippen LogP contribution >= 0.6 is 0 Å². The maximum absolute atomic E-state index is 6.42. The molecule has 0 spiro atoms. The van der Waals surface area contributed by atoms with Gasteiger partial charge >= 0.3 is 0 Å². The van der Waals surface area contributed by atoms with Crippen molar-refractivity contribution in [3.8, 4) is 22.3 Å². The van der Waals surface area contributed by atoms with E-state index in [1.807, 2.05) is 13.8 Å². The van der Waals surface area contributed by atoms with Gasteiger partial charge in [-0.2, -0.15) is 0 Å². The van der Waals surface area contributed by atoms with Crippen LogP contribution in [0.3, 0.4) is 0 Å². The van der Waals surface area contributed by atoms with Gasteiger partial charge in [0, 0.05) is 5.54 Å². The molecule has 0 amide bonds. The summed E-state index contributed by atoms with van der Waals surface area (Å²) in [5.74, 6) is 0. The number of hydrogen-bond acceptors (Lipinski definition) is 1. The molecule has 3 aromatic rings. The number of hydrogen-bond donors (Lipinski definition) is 1. The van der Waals surface area contributed by atoms with Gasteiger partial charge < -0.3 is 5.73 Å². The summed E-state index contributed by atoms with van der Waals surface area (Å²) in [6.45, 7) is 30.3. The minimum Gasteiger partial charge on any atom is -0.322 e. The zero-order valence-electron chi connectivity index (χ0n) is 28.8. The second-order valence-corrected chi connectivity index (χ2v) is 14.1. The molecule has 0 heterocycles. The predicted molar refractivity (Wildman–Crippen MR) is 192 cm³/mol. The molecule has 0 aliphatic carbocycles. The Morgan fingerprint density at radius 3 is 1.47 bits per heavy atom. The van der Waals surface area contributed by atoms with E-state index in [2.05, 4.69) is 155 Å². The van der Waals surface area contributed by atoms with Crippen LogP contribution in [-0.4, -0.2) is 0 Å². The van der Waals surface area contributed by atoms with Crippen molar-refractivity contribution < 1.29 is 0 Å². The number of rotatable bonds is 8. The number of nitrogens with two attached hydrogens (primary N) is 1. The van der Waals surface area contributed by atoms with Gasteiger partial charge in [0.1, 0.15) is 0 Å². The van der Waals surface area contributed by atoms with Gasteiger partial charge in [-0.25, -0.2) is 0 Å². The van der Waals surface area contributed by atoms with Gasteiger partial charge in [-0.3, -0.25) is 0 Å². The van der Waals surface area contributed by atoms with Crippen LogP contribution in [-0.2, 0) is 11.0 Å². The highest BCUT2D eigenvalue weighted by Crippen LogP contribution is 2.38. The molecule has 0 aliphatic heterocycles. The van der Waals surface area contributed by atoms with Crippen LogP contribution in [0, 0.1) is 0 Å². The molecule has 0 bridgehead atoms. The zero-order valence-corrected chi connectivity index (χ0v) is 28.8. The van der Waals surface area contributed by atoms with Crippen LogP contribution in [0.1, 0.15) is 99.8 Å². The third kappa shape index (κ3) is 8.68. The first-order chi connectivity index (χ1) is 19.9. The maximum Gasteiger partial charge on any atom is 0.0352 e. The highest BCUT2D eigenvalue weighted by atomic mass is 14.7.